The third-order valence-electron chi connectivity index (χ3n) is 2.82. The summed E-state index contributed by atoms with van der Waals surface area (Å²) in [5.74, 6) is -0.201. The first kappa shape index (κ1) is 11.9. The van der Waals surface area contributed by atoms with E-state index in [0.29, 0.717) is 5.69 Å². The Hall–Kier alpha value is -2.21. The highest BCUT2D eigenvalue weighted by Gasteiger charge is 2.13. The minimum Gasteiger partial charge on any atom is -0.321 e. The van der Waals surface area contributed by atoms with Gasteiger partial charge in [0.2, 0.25) is 0 Å². The van der Waals surface area contributed by atoms with Crippen LogP contribution >= 0.6 is 11.3 Å². The highest BCUT2D eigenvalue weighted by atomic mass is 32.1. The van der Waals surface area contributed by atoms with E-state index in [2.05, 4.69) is 15.4 Å². The van der Waals surface area contributed by atoms with Gasteiger partial charge in [0.05, 0.1) is 15.7 Å². The number of aryl methyl sites for hydroxylation is 2. The van der Waals surface area contributed by atoms with Gasteiger partial charge >= 0.3 is 0 Å². The maximum atomic E-state index is 12.1. The minimum atomic E-state index is -0.201. The van der Waals surface area contributed by atoms with E-state index < -0.39 is 0 Å². The van der Waals surface area contributed by atoms with Crippen LogP contribution in [0.1, 0.15) is 16.1 Å². The molecule has 3 rings (SSSR count). The van der Waals surface area contributed by atoms with Crippen molar-refractivity contribution >= 4 is 33.1 Å². The molecular weight excluding hydrogens is 260 g/mol. The van der Waals surface area contributed by atoms with Gasteiger partial charge in [-0.05, 0) is 25.1 Å². The zero-order valence-corrected chi connectivity index (χ0v) is 11.4. The predicted molar refractivity (Wildman–Crippen MR) is 75.5 cm³/mol. The van der Waals surface area contributed by atoms with Crippen molar-refractivity contribution in [3.05, 3.63) is 41.2 Å². The van der Waals surface area contributed by atoms with Crippen molar-refractivity contribution < 1.29 is 4.79 Å². The number of amides is 1. The number of thiazole rings is 1. The van der Waals surface area contributed by atoms with Crippen molar-refractivity contribution in [1.82, 2.24) is 14.8 Å². The Balaban J connectivity index is 1.88. The number of hydrogen-bond acceptors (Lipinski definition) is 4. The molecule has 19 heavy (non-hydrogen) atoms. The lowest BCUT2D eigenvalue weighted by Crippen LogP contribution is -2.14. The number of fused-ring (bicyclic) bond motifs is 1. The van der Waals surface area contributed by atoms with Crippen LogP contribution in [0.25, 0.3) is 10.2 Å². The number of nitrogens with one attached hydrogen (secondary N) is 1. The second-order valence-electron chi connectivity index (χ2n) is 4.32. The van der Waals surface area contributed by atoms with Crippen molar-refractivity contribution in [2.75, 3.05) is 5.32 Å². The molecule has 0 spiro atoms. The van der Waals surface area contributed by atoms with Crippen LogP contribution in [0.5, 0.6) is 0 Å². The summed E-state index contributed by atoms with van der Waals surface area (Å²) in [5, 5.41) is 6.99. The number of nitrogens with zero attached hydrogens (tertiary/aromatic N) is 3. The molecule has 0 saturated heterocycles. The highest BCUT2D eigenvalue weighted by Crippen LogP contribution is 2.21. The number of carbonyl (C=O) groups is 1. The molecule has 0 aliphatic heterocycles. The van der Waals surface area contributed by atoms with Gasteiger partial charge in [-0.1, -0.05) is 0 Å². The molecule has 1 amide bonds. The molecule has 0 saturated carbocycles. The first-order valence-electron chi connectivity index (χ1n) is 5.78. The highest BCUT2D eigenvalue weighted by molar-refractivity contribution is 7.16. The predicted octanol–water partition coefficient (Wildman–Crippen LogP) is 2.59. The van der Waals surface area contributed by atoms with Gasteiger partial charge in [0.1, 0.15) is 0 Å². The normalized spacial score (nSPS) is 10.8. The standard InChI is InChI=1S/C13H12N4OS/c1-8-6-17(2)16-12(8)13(18)15-9-3-4-11-10(5-9)14-7-19-11/h3-7H,1-2H3,(H,15,18). The fourth-order valence-corrected chi connectivity index (χ4v) is 2.62. The Morgan fingerprint density at radius 2 is 2.26 bits per heavy atom. The van der Waals surface area contributed by atoms with Crippen molar-refractivity contribution in [1.29, 1.82) is 0 Å². The summed E-state index contributed by atoms with van der Waals surface area (Å²) in [6.07, 6.45) is 1.82. The van der Waals surface area contributed by atoms with E-state index in [0.717, 1.165) is 21.5 Å². The van der Waals surface area contributed by atoms with E-state index in [1.54, 1.807) is 28.6 Å². The fourth-order valence-electron chi connectivity index (χ4n) is 1.96. The van der Waals surface area contributed by atoms with E-state index in [1.165, 1.54) is 0 Å². The monoisotopic (exact) mass is 272 g/mol. The second kappa shape index (κ2) is 4.47. The number of anilines is 1. The van der Waals surface area contributed by atoms with E-state index in [1.807, 2.05) is 31.3 Å². The first-order valence-corrected chi connectivity index (χ1v) is 6.66. The lowest BCUT2D eigenvalue weighted by molar-refractivity contribution is 0.102. The Bertz CT molecular complexity index is 759. The van der Waals surface area contributed by atoms with E-state index in [4.69, 9.17) is 0 Å². The molecule has 1 aromatic carbocycles. The zero-order valence-electron chi connectivity index (χ0n) is 10.5. The van der Waals surface area contributed by atoms with Crippen LogP contribution in [0.15, 0.2) is 29.9 Å². The van der Waals surface area contributed by atoms with Gasteiger partial charge < -0.3 is 5.32 Å². The SMILES string of the molecule is Cc1cn(C)nc1C(=O)Nc1ccc2scnc2c1. The van der Waals surface area contributed by atoms with Gasteiger partial charge in [0.25, 0.3) is 5.91 Å². The molecule has 2 heterocycles. The van der Waals surface area contributed by atoms with Gasteiger partial charge in [0, 0.05) is 24.5 Å². The van der Waals surface area contributed by atoms with Crippen LogP contribution in [0.2, 0.25) is 0 Å². The average molecular weight is 272 g/mol. The molecule has 0 aliphatic rings. The van der Waals surface area contributed by atoms with Crippen molar-refractivity contribution in [3.63, 3.8) is 0 Å². The minimum absolute atomic E-state index is 0.201. The fraction of sp³-hybridized carbons (Fsp3) is 0.154. The molecule has 1 N–H and O–H groups in total. The average Bonchev–Trinajstić information content (AvgIpc) is 2.94. The van der Waals surface area contributed by atoms with Gasteiger partial charge in [-0.3, -0.25) is 9.48 Å². The lowest BCUT2D eigenvalue weighted by atomic mass is 10.2. The Morgan fingerprint density at radius 1 is 1.42 bits per heavy atom. The second-order valence-corrected chi connectivity index (χ2v) is 5.21. The first-order chi connectivity index (χ1) is 9.13. The summed E-state index contributed by atoms with van der Waals surface area (Å²) < 4.78 is 2.74. The number of benzene rings is 1. The van der Waals surface area contributed by atoms with E-state index in [9.17, 15) is 4.79 Å². The van der Waals surface area contributed by atoms with Crippen LogP contribution in [0, 0.1) is 6.92 Å². The van der Waals surface area contributed by atoms with Crippen molar-refractivity contribution in [2.45, 2.75) is 6.92 Å². The molecule has 0 atom stereocenters. The van der Waals surface area contributed by atoms with E-state index in [-0.39, 0.29) is 5.91 Å². The van der Waals surface area contributed by atoms with Crippen LogP contribution in [0.3, 0.4) is 0 Å². The number of hydrogen-bond donors (Lipinski definition) is 1. The summed E-state index contributed by atoms with van der Waals surface area (Å²) in [6.45, 7) is 1.87. The maximum absolute atomic E-state index is 12.1. The molecule has 0 bridgehead atoms. The largest absolute Gasteiger partial charge is 0.321 e. The molecule has 96 valence electrons. The molecular formula is C13H12N4OS. The summed E-state index contributed by atoms with van der Waals surface area (Å²) in [4.78, 5) is 16.3. The number of rotatable bonds is 2. The van der Waals surface area contributed by atoms with Crippen LogP contribution in [-0.2, 0) is 7.05 Å². The van der Waals surface area contributed by atoms with Crippen LogP contribution in [-0.4, -0.2) is 20.7 Å². The van der Waals surface area contributed by atoms with Gasteiger partial charge in [0.15, 0.2) is 5.69 Å². The maximum Gasteiger partial charge on any atom is 0.276 e. The van der Waals surface area contributed by atoms with Gasteiger partial charge in [-0.15, -0.1) is 11.3 Å². The van der Waals surface area contributed by atoms with E-state index >= 15 is 0 Å². The summed E-state index contributed by atoms with van der Waals surface area (Å²) in [7, 11) is 1.80. The molecule has 0 aliphatic carbocycles. The lowest BCUT2D eigenvalue weighted by Gasteiger charge is -2.03. The van der Waals surface area contributed by atoms with Crippen molar-refractivity contribution in [3.8, 4) is 0 Å². The van der Waals surface area contributed by atoms with Gasteiger partial charge in [-0.25, -0.2) is 4.98 Å². The Kier molecular flexibility index (Phi) is 2.79. The number of carbonyl (C=O) groups excluding carboxylic acids is 1. The summed E-state index contributed by atoms with van der Waals surface area (Å²) in [5.41, 5.74) is 4.71. The molecule has 6 heteroatoms. The molecule has 0 fully saturated rings. The quantitative estimate of drug-likeness (QED) is 0.780. The smallest absolute Gasteiger partial charge is 0.276 e. The molecule has 2 aromatic heterocycles. The Labute approximate surface area is 113 Å². The molecule has 3 aromatic rings. The third kappa shape index (κ3) is 2.22. The summed E-state index contributed by atoms with van der Waals surface area (Å²) >= 11 is 1.58. The van der Waals surface area contributed by atoms with Crippen LogP contribution in [0.4, 0.5) is 5.69 Å². The van der Waals surface area contributed by atoms with Crippen LogP contribution < -0.4 is 5.32 Å². The zero-order chi connectivity index (χ0) is 13.4. The van der Waals surface area contributed by atoms with Gasteiger partial charge in [-0.2, -0.15) is 5.10 Å². The third-order valence-corrected chi connectivity index (χ3v) is 3.63. The summed E-state index contributed by atoms with van der Waals surface area (Å²) in [6, 6.07) is 5.69. The topological polar surface area (TPSA) is 59.8 Å². The molecule has 0 radical (unpaired) electrons. The number of aromatic nitrogens is 3. The Morgan fingerprint density at radius 3 is 3.00 bits per heavy atom. The molecule has 0 unspecified atom stereocenters. The molecule has 5 nitrogen and oxygen atoms in total. The van der Waals surface area contributed by atoms with Crippen molar-refractivity contribution in [2.24, 2.45) is 7.05 Å².